The van der Waals surface area contributed by atoms with Crippen molar-refractivity contribution < 1.29 is 0 Å². The lowest BCUT2D eigenvalue weighted by molar-refractivity contribution is 0.626. The van der Waals surface area contributed by atoms with Crippen LogP contribution in [0.2, 0.25) is 0 Å². The molecule has 1 heteroatoms. The molecule has 1 spiro atoms. The van der Waals surface area contributed by atoms with Crippen LogP contribution >= 0.6 is 0 Å². The highest BCUT2D eigenvalue weighted by Gasteiger charge is 2.48. The Kier molecular flexibility index (Phi) is 8.99. The van der Waals surface area contributed by atoms with Crippen LogP contribution in [0.15, 0.2) is 237 Å². The van der Waals surface area contributed by atoms with E-state index in [4.69, 9.17) is 0 Å². The van der Waals surface area contributed by atoms with Gasteiger partial charge in [0.15, 0.2) is 0 Å². The molecule has 0 amide bonds. The third-order valence-electron chi connectivity index (χ3n) is 15.3. The second kappa shape index (κ2) is 15.3. The van der Waals surface area contributed by atoms with Gasteiger partial charge in [-0.3, -0.25) is 0 Å². The van der Waals surface area contributed by atoms with E-state index in [0.29, 0.717) is 0 Å². The van der Waals surface area contributed by atoms with Gasteiger partial charge in [0.2, 0.25) is 0 Å². The average molecular weight is 856 g/mol. The first-order chi connectivity index (χ1) is 33.0. The highest BCUT2D eigenvalue weighted by Crippen LogP contribution is 2.59. The van der Waals surface area contributed by atoms with E-state index < -0.39 is 0 Å². The summed E-state index contributed by atoms with van der Waals surface area (Å²) in [6, 6.07) is 88.4. The molecule has 0 heterocycles. The van der Waals surface area contributed by atoms with Crippen molar-refractivity contribution in [2.24, 2.45) is 0 Å². The van der Waals surface area contributed by atoms with Crippen LogP contribution in [0.25, 0.3) is 66.8 Å². The maximum Gasteiger partial charge on any atom is 0.0470 e. The zero-order valence-corrected chi connectivity index (χ0v) is 37.9. The van der Waals surface area contributed by atoms with Crippen molar-refractivity contribution in [2.45, 2.75) is 37.5 Å². The number of hydrogen-bond acceptors (Lipinski definition) is 1. The summed E-state index contributed by atoms with van der Waals surface area (Å²) in [4.78, 5) is 2.49. The van der Waals surface area contributed by atoms with Crippen molar-refractivity contribution in [3.63, 3.8) is 0 Å². The number of rotatable bonds is 7. The van der Waals surface area contributed by atoms with Crippen LogP contribution < -0.4 is 4.90 Å². The molecule has 318 valence electrons. The molecule has 67 heavy (non-hydrogen) atoms. The van der Waals surface area contributed by atoms with Crippen molar-refractivity contribution in [3.05, 3.63) is 270 Å². The fraction of sp³-hybridized carbons (Fsp3) is 0.0909. The van der Waals surface area contributed by atoms with Crippen molar-refractivity contribution in [1.29, 1.82) is 0 Å². The van der Waals surface area contributed by atoms with Gasteiger partial charge in [-0.2, -0.15) is 0 Å². The largest absolute Gasteiger partial charge is 0.310 e. The highest BCUT2D eigenvalue weighted by molar-refractivity contribution is 5.93. The van der Waals surface area contributed by atoms with E-state index in [1.165, 1.54) is 100 Å². The van der Waals surface area contributed by atoms with Crippen LogP contribution in [0, 0.1) is 0 Å². The first-order valence-corrected chi connectivity index (χ1v) is 23.8. The van der Waals surface area contributed by atoms with Gasteiger partial charge >= 0.3 is 0 Å². The molecule has 1 unspecified atom stereocenters. The zero-order valence-electron chi connectivity index (χ0n) is 37.9. The lowest BCUT2D eigenvalue weighted by atomic mass is 9.73. The van der Waals surface area contributed by atoms with Gasteiger partial charge in [-0.15, -0.1) is 0 Å². The Morgan fingerprint density at radius 3 is 1.54 bits per heavy atom. The van der Waals surface area contributed by atoms with Gasteiger partial charge in [-0.05, 0) is 149 Å². The molecule has 3 aliphatic carbocycles. The van der Waals surface area contributed by atoms with E-state index >= 15 is 0 Å². The van der Waals surface area contributed by atoms with Gasteiger partial charge in [0.25, 0.3) is 0 Å². The first kappa shape index (κ1) is 39.4. The monoisotopic (exact) mass is 855 g/mol. The molecule has 1 nitrogen and oxygen atoms in total. The van der Waals surface area contributed by atoms with Crippen LogP contribution in [0.4, 0.5) is 17.1 Å². The van der Waals surface area contributed by atoms with Gasteiger partial charge in [0.1, 0.15) is 0 Å². The van der Waals surface area contributed by atoms with Crippen LogP contribution in [0.3, 0.4) is 0 Å². The van der Waals surface area contributed by atoms with Crippen molar-refractivity contribution in [2.75, 3.05) is 4.90 Å². The van der Waals surface area contributed by atoms with E-state index in [0.717, 1.165) is 29.9 Å². The maximum absolute atomic E-state index is 2.52. The Balaban J connectivity index is 0.987. The molecular formula is C66H49N. The fourth-order valence-corrected chi connectivity index (χ4v) is 12.2. The van der Waals surface area contributed by atoms with Gasteiger partial charge in [-0.25, -0.2) is 0 Å². The summed E-state index contributed by atoms with van der Waals surface area (Å²) in [6.45, 7) is 4.76. The highest BCUT2D eigenvalue weighted by atomic mass is 15.1. The molecule has 0 N–H and O–H groups in total. The predicted octanol–water partition coefficient (Wildman–Crippen LogP) is 17.4. The van der Waals surface area contributed by atoms with E-state index in [1.807, 2.05) is 0 Å². The molecule has 0 aliphatic heterocycles. The molecule has 1 atom stereocenters. The van der Waals surface area contributed by atoms with Crippen LogP contribution in [0.5, 0.6) is 0 Å². The normalized spacial score (nSPS) is 15.7. The standard InChI is InChI=1S/C66H49N/c1-65(2)61-26-13-10-22-56(61)58-24-15-23-54(64(58)65)48-32-34-50(35-33-48)67(52-37-39-57-55-21-11-14-27-62(55)66(63(57)43-52)41-40-49-20-9-12-25-60(49)66)51-36-38-53(59(42-51)46-18-7-4-8-19-46)47-30-28-45(29-31-47)44-16-5-3-6-17-44/h3-39,42-43H,40-41H2,1-2H3. The Labute approximate surface area is 394 Å². The third-order valence-corrected chi connectivity index (χ3v) is 15.3. The number of anilines is 3. The van der Waals surface area contributed by atoms with Crippen LogP contribution in [0.1, 0.15) is 53.6 Å². The smallest absolute Gasteiger partial charge is 0.0470 e. The number of aryl methyl sites for hydroxylation is 1. The maximum atomic E-state index is 2.52. The van der Waals surface area contributed by atoms with Crippen LogP contribution in [-0.2, 0) is 17.3 Å². The van der Waals surface area contributed by atoms with E-state index in [2.05, 4.69) is 255 Å². The lowest BCUT2D eigenvalue weighted by Gasteiger charge is -2.31. The summed E-state index contributed by atoms with van der Waals surface area (Å²) in [6.07, 6.45) is 2.13. The van der Waals surface area contributed by atoms with E-state index in [9.17, 15) is 0 Å². The summed E-state index contributed by atoms with van der Waals surface area (Å²) in [5, 5.41) is 0. The minimum atomic E-state index is -0.197. The molecule has 0 bridgehead atoms. The predicted molar refractivity (Wildman–Crippen MR) is 281 cm³/mol. The minimum absolute atomic E-state index is 0.110. The SMILES string of the molecule is CC1(C)c2ccccc2-c2cccc(-c3ccc(N(c4ccc(-c5ccc(-c6ccccc6)cc5)c(-c5ccccc5)c4)c4ccc5c(c4)C4(CCc6ccccc64)c4ccccc4-5)cc3)c21. The Morgan fingerprint density at radius 1 is 0.313 bits per heavy atom. The summed E-state index contributed by atoms with van der Waals surface area (Å²) < 4.78 is 0. The number of nitrogens with zero attached hydrogens (tertiary/aromatic N) is 1. The second-order valence-corrected chi connectivity index (χ2v) is 19.2. The second-order valence-electron chi connectivity index (χ2n) is 19.2. The molecule has 10 aromatic rings. The fourth-order valence-electron chi connectivity index (χ4n) is 12.2. The number of benzene rings is 10. The molecule has 3 aliphatic rings. The quantitative estimate of drug-likeness (QED) is 0.154. The molecule has 13 rings (SSSR count). The topological polar surface area (TPSA) is 3.24 Å². The third kappa shape index (κ3) is 6.08. The summed E-state index contributed by atoms with van der Waals surface area (Å²) in [5.41, 5.74) is 26.7. The van der Waals surface area contributed by atoms with Crippen molar-refractivity contribution in [1.82, 2.24) is 0 Å². The number of hydrogen-bond donors (Lipinski definition) is 0. The molecular weight excluding hydrogens is 807 g/mol. The summed E-state index contributed by atoms with van der Waals surface area (Å²) >= 11 is 0. The van der Waals surface area contributed by atoms with Gasteiger partial charge in [-0.1, -0.05) is 214 Å². The zero-order chi connectivity index (χ0) is 44.7. The van der Waals surface area contributed by atoms with Crippen molar-refractivity contribution >= 4 is 17.1 Å². The van der Waals surface area contributed by atoms with Gasteiger partial charge in [0, 0.05) is 27.9 Å². The molecule has 0 radical (unpaired) electrons. The summed E-state index contributed by atoms with van der Waals surface area (Å²) in [5.74, 6) is 0. The van der Waals surface area contributed by atoms with E-state index in [1.54, 1.807) is 0 Å². The van der Waals surface area contributed by atoms with E-state index in [-0.39, 0.29) is 10.8 Å². The van der Waals surface area contributed by atoms with Crippen molar-refractivity contribution in [3.8, 4) is 66.8 Å². The Bertz CT molecular complexity index is 3530. The Morgan fingerprint density at radius 2 is 0.791 bits per heavy atom. The average Bonchev–Trinajstić information content (AvgIpc) is 4.00. The molecule has 0 saturated carbocycles. The van der Waals surface area contributed by atoms with Gasteiger partial charge < -0.3 is 4.90 Å². The summed E-state index contributed by atoms with van der Waals surface area (Å²) in [7, 11) is 0. The number of fused-ring (bicyclic) bond motifs is 10. The molecule has 0 fully saturated rings. The molecule has 10 aromatic carbocycles. The minimum Gasteiger partial charge on any atom is -0.310 e. The van der Waals surface area contributed by atoms with Gasteiger partial charge in [0.05, 0.1) is 0 Å². The molecule has 0 saturated heterocycles. The first-order valence-electron chi connectivity index (χ1n) is 23.8. The molecule has 0 aromatic heterocycles. The Hall–Kier alpha value is -8.00. The lowest BCUT2D eigenvalue weighted by Crippen LogP contribution is -2.24. The van der Waals surface area contributed by atoms with Crippen LogP contribution in [-0.4, -0.2) is 0 Å².